The fourth-order valence-electron chi connectivity index (χ4n) is 1.81. The summed E-state index contributed by atoms with van der Waals surface area (Å²) in [6.07, 6.45) is 2.57. The molecule has 2 unspecified atom stereocenters. The topological polar surface area (TPSA) is 66.9 Å². The number of carbonyl (C=O) groups is 1. The SMILES string of the molecule is CC1CCNC1C(=O)Nc1ncc(Br)nc1Br. The van der Waals surface area contributed by atoms with Crippen LogP contribution < -0.4 is 10.6 Å². The summed E-state index contributed by atoms with van der Waals surface area (Å²) in [7, 11) is 0. The van der Waals surface area contributed by atoms with Gasteiger partial charge in [0, 0.05) is 0 Å². The van der Waals surface area contributed by atoms with E-state index in [2.05, 4.69) is 59.4 Å². The number of carbonyl (C=O) groups excluding carboxylic acids is 1. The van der Waals surface area contributed by atoms with E-state index in [1.54, 1.807) is 6.20 Å². The molecule has 0 bridgehead atoms. The number of anilines is 1. The molecular formula is C10H12Br2N4O. The van der Waals surface area contributed by atoms with Gasteiger partial charge in [-0.1, -0.05) is 6.92 Å². The third kappa shape index (κ3) is 3.02. The van der Waals surface area contributed by atoms with Crippen LogP contribution >= 0.6 is 31.9 Å². The predicted molar refractivity (Wildman–Crippen MR) is 71.6 cm³/mol. The molecule has 92 valence electrons. The van der Waals surface area contributed by atoms with Crippen molar-refractivity contribution in [2.75, 3.05) is 11.9 Å². The second-order valence-corrected chi connectivity index (χ2v) is 5.58. The molecule has 1 aromatic heterocycles. The zero-order valence-electron chi connectivity index (χ0n) is 9.20. The summed E-state index contributed by atoms with van der Waals surface area (Å²) in [6, 6.07) is -0.146. The third-order valence-electron chi connectivity index (χ3n) is 2.76. The van der Waals surface area contributed by atoms with Gasteiger partial charge in [-0.2, -0.15) is 0 Å². The van der Waals surface area contributed by atoms with E-state index in [0.717, 1.165) is 13.0 Å². The first-order valence-electron chi connectivity index (χ1n) is 5.30. The predicted octanol–water partition coefficient (Wildman–Crippen LogP) is 1.94. The van der Waals surface area contributed by atoms with Crippen molar-refractivity contribution in [3.63, 3.8) is 0 Å². The van der Waals surface area contributed by atoms with Crippen LogP contribution in [0.1, 0.15) is 13.3 Å². The zero-order valence-corrected chi connectivity index (χ0v) is 12.4. The summed E-state index contributed by atoms with van der Waals surface area (Å²) in [4.78, 5) is 20.2. The molecule has 5 nitrogen and oxygen atoms in total. The highest BCUT2D eigenvalue weighted by molar-refractivity contribution is 9.11. The Labute approximate surface area is 116 Å². The van der Waals surface area contributed by atoms with Crippen molar-refractivity contribution in [3.8, 4) is 0 Å². The number of halogens is 2. The molecule has 7 heteroatoms. The van der Waals surface area contributed by atoms with Crippen molar-refractivity contribution in [1.29, 1.82) is 0 Å². The summed E-state index contributed by atoms with van der Waals surface area (Å²) >= 11 is 6.47. The maximum absolute atomic E-state index is 12.0. The first kappa shape index (κ1) is 12.9. The van der Waals surface area contributed by atoms with Gasteiger partial charge < -0.3 is 10.6 Å². The van der Waals surface area contributed by atoms with E-state index in [1.165, 1.54) is 0 Å². The Hall–Kier alpha value is -0.530. The normalized spacial score (nSPS) is 23.7. The van der Waals surface area contributed by atoms with Crippen LogP contribution in [0.4, 0.5) is 5.82 Å². The lowest BCUT2D eigenvalue weighted by atomic mass is 10.0. The van der Waals surface area contributed by atoms with Crippen molar-refractivity contribution >= 4 is 43.6 Å². The average molecular weight is 364 g/mol. The molecule has 0 radical (unpaired) electrons. The molecule has 0 spiro atoms. The Morgan fingerprint density at radius 2 is 2.35 bits per heavy atom. The second-order valence-electron chi connectivity index (χ2n) is 4.02. The molecule has 1 saturated heterocycles. The Balaban J connectivity index is 2.07. The van der Waals surface area contributed by atoms with E-state index in [-0.39, 0.29) is 11.9 Å². The number of amides is 1. The third-order valence-corrected chi connectivity index (χ3v) is 3.69. The Morgan fingerprint density at radius 1 is 1.59 bits per heavy atom. The molecule has 1 aromatic rings. The van der Waals surface area contributed by atoms with Crippen LogP contribution in [0.2, 0.25) is 0 Å². The van der Waals surface area contributed by atoms with Crippen LogP contribution in [0.15, 0.2) is 15.4 Å². The van der Waals surface area contributed by atoms with Crippen molar-refractivity contribution in [1.82, 2.24) is 15.3 Å². The van der Waals surface area contributed by atoms with Crippen LogP contribution in [0.25, 0.3) is 0 Å². The number of hydrogen-bond acceptors (Lipinski definition) is 4. The highest BCUT2D eigenvalue weighted by Gasteiger charge is 2.29. The summed E-state index contributed by atoms with van der Waals surface area (Å²) < 4.78 is 1.14. The second kappa shape index (κ2) is 5.41. The molecular weight excluding hydrogens is 352 g/mol. The fourth-order valence-corrected chi connectivity index (χ4v) is 2.72. The molecule has 2 atom stereocenters. The molecule has 2 heterocycles. The van der Waals surface area contributed by atoms with Crippen LogP contribution in [0.5, 0.6) is 0 Å². The minimum absolute atomic E-state index is 0.0627. The van der Waals surface area contributed by atoms with Gasteiger partial charge in [-0.05, 0) is 50.7 Å². The molecule has 1 aliphatic rings. The molecule has 2 N–H and O–H groups in total. The van der Waals surface area contributed by atoms with Crippen molar-refractivity contribution in [3.05, 3.63) is 15.4 Å². The van der Waals surface area contributed by atoms with E-state index in [9.17, 15) is 4.79 Å². The molecule has 2 rings (SSSR count). The minimum atomic E-state index is -0.146. The number of rotatable bonds is 2. The first-order valence-corrected chi connectivity index (χ1v) is 6.89. The highest BCUT2D eigenvalue weighted by atomic mass is 79.9. The summed E-state index contributed by atoms with van der Waals surface area (Å²) in [6.45, 7) is 2.94. The maximum Gasteiger partial charge on any atom is 0.243 e. The van der Waals surface area contributed by atoms with Gasteiger partial charge in [0.2, 0.25) is 5.91 Å². The van der Waals surface area contributed by atoms with Gasteiger partial charge in [0.15, 0.2) is 5.82 Å². The van der Waals surface area contributed by atoms with Gasteiger partial charge in [-0.15, -0.1) is 0 Å². The zero-order chi connectivity index (χ0) is 12.4. The van der Waals surface area contributed by atoms with Crippen molar-refractivity contribution in [2.45, 2.75) is 19.4 Å². The molecule has 1 fully saturated rings. The van der Waals surface area contributed by atoms with Gasteiger partial charge >= 0.3 is 0 Å². The average Bonchev–Trinajstić information content (AvgIpc) is 2.68. The van der Waals surface area contributed by atoms with Crippen LogP contribution in [0.3, 0.4) is 0 Å². The van der Waals surface area contributed by atoms with Gasteiger partial charge in [-0.3, -0.25) is 4.79 Å². The molecule has 1 amide bonds. The number of nitrogens with zero attached hydrogens (tertiary/aromatic N) is 2. The van der Waals surface area contributed by atoms with E-state index < -0.39 is 0 Å². The molecule has 0 aromatic carbocycles. The van der Waals surface area contributed by atoms with Gasteiger partial charge in [-0.25, -0.2) is 9.97 Å². The lowest BCUT2D eigenvalue weighted by Crippen LogP contribution is -2.39. The molecule has 0 saturated carbocycles. The van der Waals surface area contributed by atoms with E-state index in [4.69, 9.17) is 0 Å². The largest absolute Gasteiger partial charge is 0.307 e. The quantitative estimate of drug-likeness (QED) is 0.842. The molecule has 1 aliphatic heterocycles. The lowest BCUT2D eigenvalue weighted by Gasteiger charge is -2.15. The van der Waals surface area contributed by atoms with Gasteiger partial charge in [0.05, 0.1) is 12.2 Å². The van der Waals surface area contributed by atoms with Crippen LogP contribution in [0, 0.1) is 5.92 Å². The van der Waals surface area contributed by atoms with Gasteiger partial charge in [0.1, 0.15) is 9.21 Å². The monoisotopic (exact) mass is 362 g/mol. The Kier molecular flexibility index (Phi) is 4.11. The van der Waals surface area contributed by atoms with Crippen LogP contribution in [-0.4, -0.2) is 28.5 Å². The Bertz CT molecular complexity index is 440. The summed E-state index contributed by atoms with van der Waals surface area (Å²) in [5.41, 5.74) is 0. The standard InChI is InChI=1S/C10H12Br2N4O/c1-5-2-3-13-7(5)10(17)16-9-8(12)15-6(11)4-14-9/h4-5,7,13H,2-3H2,1H3,(H,14,16,17). The first-order chi connectivity index (χ1) is 8.08. The summed E-state index contributed by atoms with van der Waals surface area (Å²) in [5.74, 6) is 0.726. The number of aromatic nitrogens is 2. The van der Waals surface area contributed by atoms with E-state index >= 15 is 0 Å². The van der Waals surface area contributed by atoms with Gasteiger partial charge in [0.25, 0.3) is 0 Å². The lowest BCUT2D eigenvalue weighted by molar-refractivity contribution is -0.118. The summed E-state index contributed by atoms with van der Waals surface area (Å²) in [5, 5.41) is 5.94. The van der Waals surface area contributed by atoms with E-state index in [1.807, 2.05) is 0 Å². The highest BCUT2D eigenvalue weighted by Crippen LogP contribution is 2.21. The maximum atomic E-state index is 12.0. The Morgan fingerprint density at radius 3 is 2.94 bits per heavy atom. The molecule has 0 aliphatic carbocycles. The minimum Gasteiger partial charge on any atom is -0.307 e. The fraction of sp³-hybridized carbons (Fsp3) is 0.500. The number of nitrogens with one attached hydrogen (secondary N) is 2. The van der Waals surface area contributed by atoms with Crippen LogP contribution in [-0.2, 0) is 4.79 Å². The smallest absolute Gasteiger partial charge is 0.243 e. The van der Waals surface area contributed by atoms with E-state index in [0.29, 0.717) is 20.9 Å². The molecule has 17 heavy (non-hydrogen) atoms. The number of hydrogen-bond donors (Lipinski definition) is 2. The van der Waals surface area contributed by atoms with Crippen molar-refractivity contribution in [2.24, 2.45) is 5.92 Å². The van der Waals surface area contributed by atoms with Crippen molar-refractivity contribution < 1.29 is 4.79 Å².